The fourth-order valence-electron chi connectivity index (χ4n) is 4.11. The molecule has 2 atom stereocenters. The fourth-order valence-corrected chi connectivity index (χ4v) is 5.88. The third kappa shape index (κ3) is 4.27. The molecule has 4 N–H and O–H groups in total. The Hall–Kier alpha value is -4.05. The standard InChI is InChI=1S/C21H19N9O5S2/c22-21-25-16(27-37-21)13(26-35-11-3-4-11)17(31)24-14-18(32)30-15(20(33)34)10(9-36-19(14)30)8-28-6-7-29-12(28)2-1-5-23-29/h1-2,5-7,11,14,19H,3-4,8-9H2,(H3-,22,24,25,27,31,33,34)/p+1/b26-13-/t14-,19-/m1/s1. The molecule has 0 radical (unpaired) electrons. The van der Waals surface area contributed by atoms with E-state index in [0.717, 1.165) is 30.0 Å². The number of hydrogen-bond acceptors (Lipinski definition) is 11. The predicted molar refractivity (Wildman–Crippen MR) is 130 cm³/mol. The van der Waals surface area contributed by atoms with Crippen molar-refractivity contribution in [2.24, 2.45) is 5.16 Å². The number of carbonyl (C=O) groups excluding carboxylic acids is 2. The monoisotopic (exact) mass is 542 g/mol. The summed E-state index contributed by atoms with van der Waals surface area (Å²) < 4.78 is 7.57. The van der Waals surface area contributed by atoms with E-state index in [4.69, 9.17) is 10.6 Å². The average Bonchev–Trinajstić information content (AvgIpc) is 3.49. The summed E-state index contributed by atoms with van der Waals surface area (Å²) in [5, 5.41) is 20.4. The third-order valence-corrected chi connectivity index (χ3v) is 7.91. The largest absolute Gasteiger partial charge is 0.477 e. The summed E-state index contributed by atoms with van der Waals surface area (Å²) in [6.07, 6.45) is 6.83. The van der Waals surface area contributed by atoms with Crippen LogP contribution in [0.4, 0.5) is 5.13 Å². The van der Waals surface area contributed by atoms with Crippen LogP contribution in [0.2, 0.25) is 0 Å². The van der Waals surface area contributed by atoms with Gasteiger partial charge in [-0.2, -0.15) is 9.36 Å². The number of oxime groups is 1. The number of aliphatic carboxylic acids is 1. The van der Waals surface area contributed by atoms with E-state index in [-0.39, 0.29) is 35.0 Å². The number of thioether (sulfide) groups is 1. The molecule has 2 amide bonds. The zero-order valence-electron chi connectivity index (χ0n) is 19.1. The lowest BCUT2D eigenvalue weighted by Gasteiger charge is -2.49. The maximum atomic E-state index is 13.1. The van der Waals surface area contributed by atoms with E-state index < -0.39 is 29.2 Å². The summed E-state index contributed by atoms with van der Waals surface area (Å²) in [5.74, 6) is -2.07. The molecular formula is C21H20N9O5S2+. The van der Waals surface area contributed by atoms with Gasteiger partial charge in [0.15, 0.2) is 11.3 Å². The van der Waals surface area contributed by atoms with Gasteiger partial charge < -0.3 is 21.0 Å². The summed E-state index contributed by atoms with van der Waals surface area (Å²) in [6, 6.07) is 2.71. The van der Waals surface area contributed by atoms with Crippen LogP contribution in [0.5, 0.6) is 0 Å². The smallest absolute Gasteiger partial charge is 0.352 e. The van der Waals surface area contributed by atoms with Crippen molar-refractivity contribution in [1.82, 2.24) is 29.2 Å². The lowest BCUT2D eigenvalue weighted by atomic mass is 10.0. The van der Waals surface area contributed by atoms with E-state index >= 15 is 0 Å². The first-order valence-electron chi connectivity index (χ1n) is 11.3. The molecule has 0 unspecified atom stereocenters. The Bertz CT molecular complexity index is 1490. The number of nitrogens with two attached hydrogens (primary N) is 1. The molecule has 5 heterocycles. The first-order valence-corrected chi connectivity index (χ1v) is 13.1. The third-order valence-electron chi connectivity index (χ3n) is 6.02. The molecule has 3 aromatic rings. The number of nitrogen functional groups attached to an aromatic ring is 1. The van der Waals surface area contributed by atoms with Gasteiger partial charge in [-0.15, -0.1) is 16.3 Å². The van der Waals surface area contributed by atoms with E-state index in [1.165, 1.54) is 16.7 Å². The van der Waals surface area contributed by atoms with Gasteiger partial charge in [-0.3, -0.25) is 14.5 Å². The van der Waals surface area contributed by atoms with Gasteiger partial charge in [0.25, 0.3) is 11.8 Å². The fraction of sp³-hybridized carbons (Fsp3) is 0.333. The van der Waals surface area contributed by atoms with Crippen molar-refractivity contribution in [2.45, 2.75) is 36.9 Å². The van der Waals surface area contributed by atoms with Gasteiger partial charge in [0, 0.05) is 28.9 Å². The Balaban J connectivity index is 1.22. The van der Waals surface area contributed by atoms with E-state index in [0.29, 0.717) is 11.3 Å². The molecule has 3 aliphatic rings. The van der Waals surface area contributed by atoms with Gasteiger partial charge in [0.2, 0.25) is 11.5 Å². The SMILES string of the molecule is Nc1nc(/C(=N/OC2CC2)C(=O)N[C@@H]2C(=O)N3C(C(=O)O)=C(C[n+]4ccn5ncccc54)CS[C@H]23)ns1. The van der Waals surface area contributed by atoms with E-state index in [1.54, 1.807) is 29.2 Å². The summed E-state index contributed by atoms with van der Waals surface area (Å²) in [7, 11) is 0. The van der Waals surface area contributed by atoms with Crippen molar-refractivity contribution in [3.05, 3.63) is 47.8 Å². The highest BCUT2D eigenvalue weighted by molar-refractivity contribution is 8.00. The first kappa shape index (κ1) is 23.4. The van der Waals surface area contributed by atoms with Crippen LogP contribution in [-0.4, -0.2) is 75.7 Å². The Morgan fingerprint density at radius 2 is 2.22 bits per heavy atom. The van der Waals surface area contributed by atoms with Crippen LogP contribution in [0.15, 0.2) is 47.1 Å². The van der Waals surface area contributed by atoms with E-state index in [1.807, 2.05) is 10.6 Å². The number of β-lactam (4-membered cyclic amide) rings is 1. The van der Waals surface area contributed by atoms with Crippen LogP contribution in [0.3, 0.4) is 0 Å². The molecule has 1 saturated carbocycles. The van der Waals surface area contributed by atoms with Crippen LogP contribution in [-0.2, 0) is 25.8 Å². The maximum absolute atomic E-state index is 13.1. The molecule has 2 fully saturated rings. The number of fused-ring (bicyclic) bond motifs is 2. The van der Waals surface area contributed by atoms with Crippen molar-refractivity contribution < 1.29 is 28.9 Å². The van der Waals surface area contributed by atoms with E-state index in [9.17, 15) is 19.5 Å². The number of carboxylic acid groups (broad SMARTS) is 1. The zero-order valence-corrected chi connectivity index (χ0v) is 20.7. The van der Waals surface area contributed by atoms with Gasteiger partial charge in [-0.1, -0.05) is 10.3 Å². The van der Waals surface area contributed by atoms with Crippen molar-refractivity contribution in [2.75, 3.05) is 11.5 Å². The van der Waals surface area contributed by atoms with E-state index in [2.05, 4.69) is 24.9 Å². The van der Waals surface area contributed by atoms with Crippen LogP contribution in [0.1, 0.15) is 18.7 Å². The average molecular weight is 543 g/mol. The summed E-state index contributed by atoms with van der Waals surface area (Å²) in [6.45, 7) is 0.274. The second kappa shape index (κ2) is 9.11. The highest BCUT2D eigenvalue weighted by atomic mass is 32.2. The van der Waals surface area contributed by atoms with Gasteiger partial charge in [0.1, 0.15) is 36.0 Å². The van der Waals surface area contributed by atoms with Gasteiger partial charge in [-0.25, -0.2) is 9.36 Å². The highest BCUT2D eigenvalue weighted by Crippen LogP contribution is 2.40. The Labute approximate surface area is 216 Å². The number of carboxylic acids is 1. The van der Waals surface area contributed by atoms with Crippen LogP contribution in [0.25, 0.3) is 5.65 Å². The number of nitrogens with one attached hydrogen (secondary N) is 1. The van der Waals surface area contributed by atoms with Gasteiger partial charge in [-0.05, 0) is 18.9 Å². The number of amides is 2. The zero-order chi connectivity index (χ0) is 25.7. The molecule has 190 valence electrons. The minimum absolute atomic E-state index is 0.000270. The maximum Gasteiger partial charge on any atom is 0.352 e. The number of rotatable bonds is 8. The summed E-state index contributed by atoms with van der Waals surface area (Å²) in [5.41, 5.74) is 6.75. The molecule has 1 saturated heterocycles. The number of anilines is 1. The van der Waals surface area contributed by atoms with Crippen LogP contribution >= 0.6 is 23.3 Å². The number of imidazole rings is 1. The van der Waals surface area contributed by atoms with Crippen LogP contribution in [0, 0.1) is 0 Å². The van der Waals surface area contributed by atoms with Gasteiger partial charge in [0.05, 0.1) is 6.20 Å². The number of hydrogen-bond donors (Lipinski definition) is 3. The summed E-state index contributed by atoms with van der Waals surface area (Å²) in [4.78, 5) is 49.0. The molecule has 0 spiro atoms. The molecule has 6 rings (SSSR count). The number of carbonyl (C=O) groups is 3. The number of aromatic nitrogens is 5. The second-order valence-electron chi connectivity index (χ2n) is 8.57. The molecule has 3 aromatic heterocycles. The van der Waals surface area contributed by atoms with Crippen molar-refractivity contribution >= 4 is 57.6 Å². The Morgan fingerprint density at radius 1 is 1.38 bits per heavy atom. The Kier molecular flexibility index (Phi) is 5.75. The molecule has 0 aromatic carbocycles. The normalized spacial score (nSPS) is 21.6. The number of nitrogens with zero attached hydrogens (tertiary/aromatic N) is 7. The molecule has 1 aliphatic carbocycles. The van der Waals surface area contributed by atoms with Crippen molar-refractivity contribution in [1.29, 1.82) is 0 Å². The van der Waals surface area contributed by atoms with Crippen molar-refractivity contribution in [3.8, 4) is 0 Å². The molecule has 2 aliphatic heterocycles. The van der Waals surface area contributed by atoms with Gasteiger partial charge >= 0.3 is 11.6 Å². The second-order valence-corrected chi connectivity index (χ2v) is 10.5. The topological polar surface area (TPSA) is 181 Å². The quantitative estimate of drug-likeness (QED) is 0.144. The lowest BCUT2D eigenvalue weighted by molar-refractivity contribution is -0.662. The van der Waals surface area contributed by atoms with Crippen LogP contribution < -0.4 is 15.6 Å². The molecular weight excluding hydrogens is 522 g/mol. The first-order chi connectivity index (χ1) is 17.9. The predicted octanol–water partition coefficient (Wildman–Crippen LogP) is -0.623. The minimum atomic E-state index is -1.21. The molecule has 37 heavy (non-hydrogen) atoms. The highest BCUT2D eigenvalue weighted by Gasteiger charge is 2.54. The lowest BCUT2D eigenvalue weighted by Crippen LogP contribution is -2.71. The molecule has 16 heteroatoms. The molecule has 0 bridgehead atoms. The molecule has 14 nitrogen and oxygen atoms in total. The minimum Gasteiger partial charge on any atom is -0.477 e. The van der Waals surface area contributed by atoms with Crippen molar-refractivity contribution in [3.63, 3.8) is 0 Å². The Morgan fingerprint density at radius 3 is 2.95 bits per heavy atom. The summed E-state index contributed by atoms with van der Waals surface area (Å²) >= 11 is 2.28.